The van der Waals surface area contributed by atoms with Gasteiger partial charge < -0.3 is 19.3 Å². The number of hydrogen-bond donors (Lipinski definition) is 1. The molecule has 0 aromatic carbocycles. The fourth-order valence-corrected chi connectivity index (χ4v) is 1.60. The first-order chi connectivity index (χ1) is 11.6. The maximum Gasteiger partial charge on any atom is 0.349 e. The van der Waals surface area contributed by atoms with Crippen LogP contribution in [-0.2, 0) is 33.4 Å². The highest BCUT2D eigenvalue weighted by molar-refractivity contribution is 5.92. The molecule has 0 fully saturated rings. The SMILES string of the molecule is CC(=O)O[C@@H](C(=O)O)[C@@H](OC(C)=O)C(=O)COC(C)(C)C#CC(C)(C)C. The second-order valence-corrected chi connectivity index (χ2v) is 7.16. The number of ketones is 1. The van der Waals surface area contributed by atoms with Crippen LogP contribution in [-0.4, -0.2) is 53.2 Å². The van der Waals surface area contributed by atoms with Crippen LogP contribution in [0.3, 0.4) is 0 Å². The molecule has 2 atom stereocenters. The minimum absolute atomic E-state index is 0.269. The Morgan fingerprint density at radius 3 is 1.73 bits per heavy atom. The Morgan fingerprint density at radius 1 is 0.885 bits per heavy atom. The molecule has 0 spiro atoms. The van der Waals surface area contributed by atoms with E-state index in [4.69, 9.17) is 9.47 Å². The molecular formula is C18H26O8. The molecule has 0 saturated carbocycles. The van der Waals surface area contributed by atoms with Gasteiger partial charge >= 0.3 is 17.9 Å². The van der Waals surface area contributed by atoms with E-state index in [1.807, 2.05) is 20.8 Å². The lowest BCUT2D eigenvalue weighted by atomic mass is 9.96. The lowest BCUT2D eigenvalue weighted by Crippen LogP contribution is -2.47. The summed E-state index contributed by atoms with van der Waals surface area (Å²) in [6.07, 6.45) is -3.78. The average Bonchev–Trinajstić information content (AvgIpc) is 2.45. The highest BCUT2D eigenvalue weighted by Crippen LogP contribution is 2.15. The quantitative estimate of drug-likeness (QED) is 0.503. The second-order valence-electron chi connectivity index (χ2n) is 7.16. The molecular weight excluding hydrogens is 344 g/mol. The predicted molar refractivity (Wildman–Crippen MR) is 91.0 cm³/mol. The molecule has 0 saturated heterocycles. The van der Waals surface area contributed by atoms with E-state index < -0.39 is 48.1 Å². The fraction of sp³-hybridized carbons (Fsp3) is 0.667. The van der Waals surface area contributed by atoms with Crippen molar-refractivity contribution in [2.24, 2.45) is 5.41 Å². The molecule has 0 radical (unpaired) electrons. The minimum atomic E-state index is -1.96. The van der Waals surface area contributed by atoms with Crippen LogP contribution in [0, 0.1) is 17.3 Å². The van der Waals surface area contributed by atoms with Crippen molar-refractivity contribution in [1.29, 1.82) is 0 Å². The van der Waals surface area contributed by atoms with Crippen LogP contribution >= 0.6 is 0 Å². The molecule has 0 rings (SSSR count). The number of ether oxygens (including phenoxy) is 3. The van der Waals surface area contributed by atoms with Gasteiger partial charge in [-0.05, 0) is 34.6 Å². The van der Waals surface area contributed by atoms with Crippen molar-refractivity contribution in [2.45, 2.75) is 66.3 Å². The molecule has 8 heteroatoms. The molecule has 0 aromatic rings. The summed E-state index contributed by atoms with van der Waals surface area (Å²) in [4.78, 5) is 45.9. The molecule has 26 heavy (non-hydrogen) atoms. The number of carboxylic acid groups (broad SMARTS) is 1. The normalized spacial score (nSPS) is 13.7. The van der Waals surface area contributed by atoms with E-state index in [0.29, 0.717) is 0 Å². The van der Waals surface area contributed by atoms with Crippen molar-refractivity contribution in [3.63, 3.8) is 0 Å². The Balaban J connectivity index is 5.30. The highest BCUT2D eigenvalue weighted by Gasteiger charge is 2.39. The molecule has 0 heterocycles. The number of hydrogen-bond acceptors (Lipinski definition) is 7. The number of carbonyl (C=O) groups excluding carboxylic acids is 3. The van der Waals surface area contributed by atoms with Gasteiger partial charge in [0.05, 0.1) is 0 Å². The van der Waals surface area contributed by atoms with Crippen LogP contribution in [0.1, 0.15) is 48.5 Å². The van der Waals surface area contributed by atoms with Crippen LogP contribution in [0.2, 0.25) is 0 Å². The van der Waals surface area contributed by atoms with E-state index >= 15 is 0 Å². The van der Waals surface area contributed by atoms with E-state index in [9.17, 15) is 24.3 Å². The van der Waals surface area contributed by atoms with E-state index in [1.165, 1.54) is 0 Å². The van der Waals surface area contributed by atoms with E-state index in [0.717, 1.165) is 13.8 Å². The third-order valence-electron chi connectivity index (χ3n) is 2.74. The van der Waals surface area contributed by atoms with Crippen molar-refractivity contribution < 1.29 is 38.5 Å². The molecule has 146 valence electrons. The minimum Gasteiger partial charge on any atom is -0.478 e. The van der Waals surface area contributed by atoms with E-state index in [-0.39, 0.29) is 5.41 Å². The van der Waals surface area contributed by atoms with Crippen LogP contribution in [0.25, 0.3) is 0 Å². The Labute approximate surface area is 153 Å². The number of aliphatic carboxylic acids is 1. The van der Waals surface area contributed by atoms with Crippen LogP contribution < -0.4 is 0 Å². The number of esters is 2. The van der Waals surface area contributed by atoms with E-state index in [1.54, 1.807) is 13.8 Å². The largest absolute Gasteiger partial charge is 0.478 e. The van der Waals surface area contributed by atoms with Crippen molar-refractivity contribution in [2.75, 3.05) is 6.61 Å². The summed E-state index contributed by atoms with van der Waals surface area (Å²) in [5.74, 6) is 1.56. The van der Waals surface area contributed by atoms with Gasteiger partial charge in [0.15, 0.2) is 0 Å². The summed E-state index contributed by atoms with van der Waals surface area (Å²) in [5.41, 5.74) is -1.27. The topological polar surface area (TPSA) is 116 Å². The van der Waals surface area contributed by atoms with Crippen LogP contribution in [0.15, 0.2) is 0 Å². The maximum absolute atomic E-state index is 12.3. The molecule has 0 unspecified atom stereocenters. The van der Waals surface area contributed by atoms with Crippen molar-refractivity contribution in [1.82, 2.24) is 0 Å². The van der Waals surface area contributed by atoms with Gasteiger partial charge in [0.25, 0.3) is 0 Å². The van der Waals surface area contributed by atoms with Gasteiger partial charge in [-0.1, -0.05) is 11.8 Å². The van der Waals surface area contributed by atoms with Gasteiger partial charge in [-0.2, -0.15) is 0 Å². The number of rotatable bonds is 8. The highest BCUT2D eigenvalue weighted by atomic mass is 16.6. The van der Waals surface area contributed by atoms with Crippen LogP contribution in [0.4, 0.5) is 0 Å². The van der Waals surface area contributed by atoms with Gasteiger partial charge in [-0.25, -0.2) is 4.79 Å². The third-order valence-corrected chi connectivity index (χ3v) is 2.74. The third kappa shape index (κ3) is 9.79. The van der Waals surface area contributed by atoms with E-state index in [2.05, 4.69) is 16.6 Å². The van der Waals surface area contributed by atoms with Crippen molar-refractivity contribution in [3.8, 4) is 11.8 Å². The first kappa shape index (κ1) is 23.6. The summed E-state index contributed by atoms with van der Waals surface area (Å²) >= 11 is 0. The molecule has 1 N–H and O–H groups in total. The average molecular weight is 370 g/mol. The molecule has 0 aliphatic rings. The zero-order chi connectivity index (χ0) is 20.7. The molecule has 0 amide bonds. The predicted octanol–water partition coefficient (Wildman–Crippen LogP) is 1.35. The lowest BCUT2D eigenvalue weighted by Gasteiger charge is -2.24. The first-order valence-electron chi connectivity index (χ1n) is 7.93. The number of Topliss-reactive ketones (excluding diaryl/α,β-unsaturated/α-hetero) is 1. The smallest absolute Gasteiger partial charge is 0.349 e. The van der Waals surface area contributed by atoms with Gasteiger partial charge in [0.2, 0.25) is 18.0 Å². The van der Waals surface area contributed by atoms with Crippen molar-refractivity contribution in [3.05, 3.63) is 0 Å². The summed E-state index contributed by atoms with van der Waals surface area (Å²) in [7, 11) is 0. The van der Waals surface area contributed by atoms with Gasteiger partial charge in [-0.3, -0.25) is 14.4 Å². The molecule has 0 aromatic heterocycles. The monoisotopic (exact) mass is 370 g/mol. The molecule has 0 aliphatic carbocycles. The van der Waals surface area contributed by atoms with Gasteiger partial charge in [-0.15, -0.1) is 0 Å². The maximum atomic E-state index is 12.3. The standard InChI is InChI=1S/C18H26O8/c1-11(19)25-14(15(16(22)23)26-12(2)20)13(21)10-24-18(6,7)9-8-17(3,4)5/h14-15H,10H2,1-7H3,(H,22,23)/t14-,15+/m0/s1. The fourth-order valence-electron chi connectivity index (χ4n) is 1.60. The molecule has 0 bridgehead atoms. The van der Waals surface area contributed by atoms with Gasteiger partial charge in [0, 0.05) is 19.3 Å². The Kier molecular flexibility index (Phi) is 8.48. The summed E-state index contributed by atoms with van der Waals surface area (Å²) < 4.78 is 14.8. The van der Waals surface area contributed by atoms with Crippen molar-refractivity contribution >= 4 is 23.7 Å². The first-order valence-corrected chi connectivity index (χ1v) is 7.93. The second kappa shape index (κ2) is 9.34. The molecule has 0 aliphatic heterocycles. The summed E-state index contributed by atoms with van der Waals surface area (Å²) in [6.45, 7) is 10.4. The van der Waals surface area contributed by atoms with Crippen LogP contribution in [0.5, 0.6) is 0 Å². The Morgan fingerprint density at radius 2 is 1.35 bits per heavy atom. The Bertz CT molecular complexity index is 615. The number of carboxylic acids is 1. The molecule has 8 nitrogen and oxygen atoms in total. The number of carbonyl (C=O) groups is 4. The summed E-state index contributed by atoms with van der Waals surface area (Å²) in [6, 6.07) is 0. The Hall–Kier alpha value is -2.40. The zero-order valence-electron chi connectivity index (χ0n) is 16.2. The zero-order valence-corrected chi connectivity index (χ0v) is 16.2. The van der Waals surface area contributed by atoms with Gasteiger partial charge in [0.1, 0.15) is 12.2 Å². The lowest BCUT2D eigenvalue weighted by molar-refractivity contribution is -0.181. The summed E-state index contributed by atoms with van der Waals surface area (Å²) in [5, 5.41) is 9.17.